The van der Waals surface area contributed by atoms with Crippen molar-refractivity contribution >= 4 is 17.6 Å². The molecular weight excluding hydrogens is 381 g/mol. The van der Waals surface area contributed by atoms with Crippen molar-refractivity contribution in [3.05, 3.63) is 59.3 Å². The summed E-state index contributed by atoms with van der Waals surface area (Å²) in [4.78, 5) is 12.2. The molecule has 0 unspecified atom stereocenters. The predicted molar refractivity (Wildman–Crippen MR) is 106 cm³/mol. The average molecular weight is 398 g/mol. The molecule has 0 aliphatic rings. The number of nitrogens with one attached hydrogen (secondary N) is 1. The molecule has 0 aliphatic heterocycles. The minimum atomic E-state index is -4.49. The maximum absolute atomic E-state index is 13.1. The highest BCUT2D eigenvalue weighted by Crippen LogP contribution is 2.33. The summed E-state index contributed by atoms with van der Waals surface area (Å²) in [5, 5.41) is 3.07. The van der Waals surface area contributed by atoms with E-state index in [4.69, 9.17) is 11.5 Å². The highest BCUT2D eigenvalue weighted by atomic mass is 19.4. The summed E-state index contributed by atoms with van der Waals surface area (Å²) in [6, 6.07) is 8.24. The third kappa shape index (κ3) is 4.73. The van der Waals surface area contributed by atoms with Crippen molar-refractivity contribution in [1.82, 2.24) is 15.0 Å². The number of anilines is 3. The minimum Gasteiger partial charge on any atom is -0.382 e. The molecule has 0 fully saturated rings. The van der Waals surface area contributed by atoms with E-state index in [1.165, 1.54) is 12.1 Å². The Labute approximate surface area is 165 Å². The Hall–Kier alpha value is -3.80. The standard InChI is InChI=1S/C20H17F3N6/c1-2-26-16-9-7-12(11-27-16)6-8-15-17(28-19(25)29-18(15)24)13-4-3-5-14(10-13)20(21,22)23/h3-5,7,9-11H,2H2,1H3,(H,26,27)(H4,24,25,28,29). The molecule has 0 amide bonds. The largest absolute Gasteiger partial charge is 0.416 e. The summed E-state index contributed by atoms with van der Waals surface area (Å²) in [5.74, 6) is 6.25. The third-order valence-corrected chi connectivity index (χ3v) is 3.87. The Morgan fingerprint density at radius 3 is 2.52 bits per heavy atom. The van der Waals surface area contributed by atoms with E-state index in [0.717, 1.165) is 18.7 Å². The zero-order chi connectivity index (χ0) is 21.0. The second kappa shape index (κ2) is 8.06. The maximum Gasteiger partial charge on any atom is 0.416 e. The molecule has 9 heteroatoms. The molecule has 3 rings (SSSR count). The summed E-state index contributed by atoms with van der Waals surface area (Å²) in [6.45, 7) is 2.69. The number of alkyl halides is 3. The first-order valence-electron chi connectivity index (χ1n) is 8.60. The monoisotopic (exact) mass is 398 g/mol. The van der Waals surface area contributed by atoms with Gasteiger partial charge in [-0.1, -0.05) is 24.0 Å². The van der Waals surface area contributed by atoms with Crippen molar-refractivity contribution in [2.75, 3.05) is 23.3 Å². The number of nitrogens with two attached hydrogens (primary N) is 2. The zero-order valence-corrected chi connectivity index (χ0v) is 15.4. The van der Waals surface area contributed by atoms with E-state index < -0.39 is 11.7 Å². The number of pyridine rings is 1. The van der Waals surface area contributed by atoms with E-state index in [1.807, 2.05) is 6.92 Å². The maximum atomic E-state index is 13.1. The van der Waals surface area contributed by atoms with Crippen molar-refractivity contribution in [3.63, 3.8) is 0 Å². The smallest absolute Gasteiger partial charge is 0.382 e. The second-order valence-electron chi connectivity index (χ2n) is 5.98. The molecule has 3 aromatic rings. The number of hydrogen-bond acceptors (Lipinski definition) is 6. The molecule has 6 nitrogen and oxygen atoms in total. The van der Waals surface area contributed by atoms with Gasteiger partial charge in [-0.2, -0.15) is 18.2 Å². The summed E-state index contributed by atoms with van der Waals surface area (Å²) in [5.41, 5.74) is 11.9. The van der Waals surface area contributed by atoms with Crippen LogP contribution >= 0.6 is 0 Å². The predicted octanol–water partition coefficient (Wildman–Crippen LogP) is 3.55. The Balaban J connectivity index is 2.06. The van der Waals surface area contributed by atoms with Gasteiger partial charge in [0.2, 0.25) is 5.95 Å². The second-order valence-corrected chi connectivity index (χ2v) is 5.98. The van der Waals surface area contributed by atoms with Crippen LogP contribution in [0.3, 0.4) is 0 Å². The Morgan fingerprint density at radius 1 is 1.07 bits per heavy atom. The fourth-order valence-corrected chi connectivity index (χ4v) is 2.56. The van der Waals surface area contributed by atoms with Crippen LogP contribution < -0.4 is 16.8 Å². The molecule has 148 valence electrons. The Morgan fingerprint density at radius 2 is 1.86 bits per heavy atom. The van der Waals surface area contributed by atoms with E-state index in [-0.39, 0.29) is 28.6 Å². The summed E-state index contributed by atoms with van der Waals surface area (Å²) in [7, 11) is 0. The molecular formula is C20H17F3N6. The molecule has 0 saturated heterocycles. The summed E-state index contributed by atoms with van der Waals surface area (Å²) in [6.07, 6.45) is -2.92. The molecule has 0 spiro atoms. The van der Waals surface area contributed by atoms with Gasteiger partial charge in [0.15, 0.2) is 0 Å². The van der Waals surface area contributed by atoms with Crippen molar-refractivity contribution in [3.8, 4) is 23.1 Å². The lowest BCUT2D eigenvalue weighted by atomic mass is 10.0. The number of aromatic nitrogens is 3. The SMILES string of the molecule is CCNc1ccc(C#Cc2c(N)nc(N)nc2-c2cccc(C(F)(F)F)c2)cn1. The van der Waals surface area contributed by atoms with Crippen LogP contribution in [0, 0.1) is 11.8 Å². The third-order valence-electron chi connectivity index (χ3n) is 3.87. The molecule has 2 heterocycles. The van der Waals surface area contributed by atoms with Gasteiger partial charge in [-0.3, -0.25) is 0 Å². The van der Waals surface area contributed by atoms with Gasteiger partial charge in [-0.05, 0) is 31.2 Å². The lowest BCUT2D eigenvalue weighted by Crippen LogP contribution is -2.07. The van der Waals surface area contributed by atoms with Crippen LogP contribution in [-0.4, -0.2) is 21.5 Å². The zero-order valence-electron chi connectivity index (χ0n) is 15.4. The van der Waals surface area contributed by atoms with E-state index in [0.29, 0.717) is 11.4 Å². The Bertz CT molecular complexity index is 1080. The van der Waals surface area contributed by atoms with E-state index in [1.54, 1.807) is 18.3 Å². The van der Waals surface area contributed by atoms with Crippen molar-refractivity contribution < 1.29 is 13.2 Å². The van der Waals surface area contributed by atoms with Crippen molar-refractivity contribution in [2.45, 2.75) is 13.1 Å². The fourth-order valence-electron chi connectivity index (χ4n) is 2.56. The van der Waals surface area contributed by atoms with Gasteiger partial charge in [0.05, 0.1) is 16.8 Å². The minimum absolute atomic E-state index is 0.0189. The average Bonchev–Trinajstić information content (AvgIpc) is 2.67. The first kappa shape index (κ1) is 19.9. The van der Waals surface area contributed by atoms with Gasteiger partial charge < -0.3 is 16.8 Å². The molecule has 29 heavy (non-hydrogen) atoms. The van der Waals surface area contributed by atoms with Gasteiger partial charge in [0, 0.05) is 23.9 Å². The quantitative estimate of drug-likeness (QED) is 0.583. The van der Waals surface area contributed by atoms with E-state index >= 15 is 0 Å². The van der Waals surface area contributed by atoms with Gasteiger partial charge in [0.25, 0.3) is 0 Å². The molecule has 0 saturated carbocycles. The van der Waals surface area contributed by atoms with Crippen LogP contribution in [0.25, 0.3) is 11.3 Å². The normalized spacial score (nSPS) is 10.9. The molecule has 5 N–H and O–H groups in total. The number of halogens is 3. The number of hydrogen-bond donors (Lipinski definition) is 3. The summed E-state index contributed by atoms with van der Waals surface area (Å²) < 4.78 is 39.2. The highest BCUT2D eigenvalue weighted by Gasteiger charge is 2.30. The topological polar surface area (TPSA) is 103 Å². The van der Waals surface area contributed by atoms with E-state index in [2.05, 4.69) is 32.1 Å². The lowest BCUT2D eigenvalue weighted by molar-refractivity contribution is -0.137. The van der Waals surface area contributed by atoms with Crippen LogP contribution in [0.5, 0.6) is 0 Å². The highest BCUT2D eigenvalue weighted by molar-refractivity contribution is 5.74. The first-order chi connectivity index (χ1) is 13.8. The molecule has 1 aromatic carbocycles. The van der Waals surface area contributed by atoms with E-state index in [9.17, 15) is 13.2 Å². The van der Waals surface area contributed by atoms with Crippen LogP contribution in [0.2, 0.25) is 0 Å². The van der Waals surface area contributed by atoms with Crippen LogP contribution in [0.4, 0.5) is 30.8 Å². The van der Waals surface area contributed by atoms with Crippen molar-refractivity contribution in [2.24, 2.45) is 0 Å². The molecule has 0 radical (unpaired) electrons. The number of nitrogens with zero attached hydrogens (tertiary/aromatic N) is 3. The van der Waals surface area contributed by atoms with Crippen molar-refractivity contribution in [1.29, 1.82) is 0 Å². The van der Waals surface area contributed by atoms with Gasteiger partial charge in [-0.25, -0.2) is 9.97 Å². The fraction of sp³-hybridized carbons (Fsp3) is 0.150. The molecule has 0 aliphatic carbocycles. The van der Waals surface area contributed by atoms with Gasteiger partial charge in [0.1, 0.15) is 11.6 Å². The lowest BCUT2D eigenvalue weighted by Gasteiger charge is -2.11. The van der Waals surface area contributed by atoms with Crippen LogP contribution in [-0.2, 0) is 6.18 Å². The number of nitrogen functional groups attached to an aromatic ring is 2. The van der Waals surface area contributed by atoms with Crippen LogP contribution in [0.1, 0.15) is 23.6 Å². The first-order valence-corrected chi connectivity index (χ1v) is 8.60. The van der Waals surface area contributed by atoms with Gasteiger partial charge >= 0.3 is 6.18 Å². The number of rotatable bonds is 3. The molecule has 2 aromatic heterocycles. The van der Waals surface area contributed by atoms with Crippen LogP contribution in [0.15, 0.2) is 42.6 Å². The number of benzene rings is 1. The molecule has 0 bridgehead atoms. The Kier molecular flexibility index (Phi) is 5.54. The molecule has 0 atom stereocenters. The van der Waals surface area contributed by atoms with Gasteiger partial charge in [-0.15, -0.1) is 0 Å². The summed E-state index contributed by atoms with van der Waals surface area (Å²) >= 11 is 0.